The smallest absolute Gasteiger partial charge is 0.135 e. The van der Waals surface area contributed by atoms with Crippen molar-refractivity contribution in [3.63, 3.8) is 0 Å². The highest BCUT2D eigenvalue weighted by atomic mass is 16.3. The Kier molecular flexibility index (Phi) is 10.6. The first kappa shape index (κ1) is 43.9. The van der Waals surface area contributed by atoms with Gasteiger partial charge in [-0.25, -0.2) is 0 Å². The molecule has 1 N–H and O–H groups in total. The third kappa shape index (κ3) is 6.49. The van der Waals surface area contributed by atoms with Crippen LogP contribution in [-0.4, -0.2) is 4.57 Å². The van der Waals surface area contributed by atoms with Gasteiger partial charge in [0.15, 0.2) is 0 Å². The van der Waals surface area contributed by atoms with E-state index in [9.17, 15) is 0 Å². The molecule has 14 rings (SSSR count). The number of nitrogens with zero attached hydrogens (tertiary/aromatic N) is 1. The molecule has 344 valence electrons. The van der Waals surface area contributed by atoms with Crippen LogP contribution in [0.25, 0.3) is 83.3 Å². The number of nitrogens with one attached hydrogen (secondary N) is 1. The lowest BCUT2D eigenvalue weighted by molar-refractivity contribution is 0.660. The highest BCUT2D eigenvalue weighted by Gasteiger charge is 2.50. The summed E-state index contributed by atoms with van der Waals surface area (Å²) in [6.45, 7) is 12.7. The van der Waals surface area contributed by atoms with Gasteiger partial charge in [0.1, 0.15) is 11.2 Å². The zero-order chi connectivity index (χ0) is 48.4. The molecule has 0 radical (unpaired) electrons. The normalized spacial score (nSPS) is 15.6. The Labute approximate surface area is 416 Å². The number of allylic oxidation sites excluding steroid dienone is 4. The minimum atomic E-state index is -0.508. The molecule has 3 nitrogen and oxygen atoms in total. The van der Waals surface area contributed by atoms with Crippen molar-refractivity contribution in [2.75, 3.05) is 5.32 Å². The topological polar surface area (TPSA) is 30.1 Å². The Hall–Kier alpha value is -8.40. The summed E-state index contributed by atoms with van der Waals surface area (Å²) in [5.41, 5.74) is 22.6. The second-order valence-electron chi connectivity index (χ2n) is 18.9. The first-order chi connectivity index (χ1) is 35.0. The van der Waals surface area contributed by atoms with Gasteiger partial charge < -0.3 is 14.3 Å². The summed E-state index contributed by atoms with van der Waals surface area (Å²) in [5.74, 6) is 0. The molecular weight excluding hydrogens is 861 g/mol. The SMILES string of the molecule is CC.CC.CC1(C)c2ccccc2-c2ccc(N/C=C/C=C(\C=C/c3ccc4c(c3)C3(c5ccccc5-4)c4ccccc4-n4c5ccccc5c5cccc3c54)c3ccc4oc5ccccc5c4c3)cc21. The average molecular weight is 917 g/mol. The molecule has 3 heterocycles. The average Bonchev–Trinajstić information content (AvgIpc) is 4.13. The second-order valence-corrected chi connectivity index (χ2v) is 18.9. The van der Waals surface area contributed by atoms with Gasteiger partial charge in [0, 0.05) is 38.8 Å². The summed E-state index contributed by atoms with van der Waals surface area (Å²) in [6, 6.07) is 71.4. The number of rotatable bonds is 6. The highest BCUT2D eigenvalue weighted by Crippen LogP contribution is 2.61. The Bertz CT molecular complexity index is 4000. The van der Waals surface area contributed by atoms with Crippen molar-refractivity contribution >= 4 is 61.1 Å². The fourth-order valence-electron chi connectivity index (χ4n) is 12.1. The molecular formula is C68H56N2O. The molecule has 1 atom stereocenters. The van der Waals surface area contributed by atoms with E-state index in [4.69, 9.17) is 4.42 Å². The van der Waals surface area contributed by atoms with Crippen LogP contribution in [0.15, 0.2) is 223 Å². The van der Waals surface area contributed by atoms with Crippen LogP contribution in [0.1, 0.15) is 86.1 Å². The summed E-state index contributed by atoms with van der Waals surface area (Å²) in [7, 11) is 0. The Balaban J connectivity index is 0.00000126. The van der Waals surface area contributed by atoms with Crippen molar-refractivity contribution in [3.8, 4) is 27.9 Å². The molecule has 3 aliphatic rings. The van der Waals surface area contributed by atoms with E-state index in [1.807, 2.05) is 46.0 Å². The molecule has 0 bridgehead atoms. The van der Waals surface area contributed by atoms with Gasteiger partial charge in [0.2, 0.25) is 0 Å². The summed E-state index contributed by atoms with van der Waals surface area (Å²) >= 11 is 0. The first-order valence-electron chi connectivity index (χ1n) is 25.3. The monoisotopic (exact) mass is 916 g/mol. The van der Waals surface area contributed by atoms with E-state index in [0.717, 1.165) is 44.3 Å². The van der Waals surface area contributed by atoms with E-state index in [2.05, 4.69) is 230 Å². The number of hydrogen-bond acceptors (Lipinski definition) is 2. The number of fused-ring (bicyclic) bond motifs is 18. The van der Waals surface area contributed by atoms with Crippen molar-refractivity contribution in [2.24, 2.45) is 0 Å². The summed E-state index contributed by atoms with van der Waals surface area (Å²) in [5, 5.41) is 8.40. The van der Waals surface area contributed by atoms with Crippen LogP contribution in [0, 0.1) is 0 Å². The number of aromatic nitrogens is 1. The number of furan rings is 1. The molecule has 1 aliphatic heterocycles. The molecule has 3 heteroatoms. The van der Waals surface area contributed by atoms with Crippen molar-refractivity contribution in [2.45, 2.75) is 52.4 Å². The third-order valence-electron chi connectivity index (χ3n) is 15.1. The molecule has 0 saturated carbocycles. The van der Waals surface area contributed by atoms with Gasteiger partial charge in [-0.05, 0) is 127 Å². The number of para-hydroxylation sites is 4. The molecule has 9 aromatic carbocycles. The second kappa shape index (κ2) is 17.2. The predicted octanol–water partition coefficient (Wildman–Crippen LogP) is 18.4. The lowest BCUT2D eigenvalue weighted by atomic mass is 9.65. The van der Waals surface area contributed by atoms with Crippen LogP contribution >= 0.6 is 0 Å². The molecule has 11 aromatic rings. The van der Waals surface area contributed by atoms with Gasteiger partial charge in [-0.1, -0.05) is 205 Å². The quantitative estimate of drug-likeness (QED) is 0.168. The van der Waals surface area contributed by atoms with Crippen molar-refractivity contribution in [3.05, 3.63) is 263 Å². The standard InChI is InChI=1S/C64H44N2O.2C2H6/c1-63(2)52-21-7-3-16-44(52)46-34-32-43(39-56(46)63)65-36-14-15-41(42-31-35-61-51(38-42)49-19-6-12-27-60(49)67-61)30-28-40-29-33-47-45-17-4-8-22-53(45)64(57(47)37-40)54-23-9-11-26-59(54)66-58-25-10-5-18-48(58)50-20-13-24-55(64)62(50)66;2*1-2/h3-39,65H,1-2H3;2*1-2H3/b30-28-,36-14+,41-15+;;. The van der Waals surface area contributed by atoms with Crippen molar-refractivity contribution in [1.29, 1.82) is 0 Å². The van der Waals surface area contributed by atoms with E-state index in [1.54, 1.807) is 0 Å². The predicted molar refractivity (Wildman–Crippen MR) is 302 cm³/mol. The van der Waals surface area contributed by atoms with Crippen molar-refractivity contribution in [1.82, 2.24) is 4.57 Å². The Morgan fingerprint density at radius 3 is 1.97 bits per heavy atom. The number of hydrogen-bond donors (Lipinski definition) is 1. The van der Waals surface area contributed by atoms with Gasteiger partial charge in [-0.15, -0.1) is 0 Å². The molecule has 2 aromatic heterocycles. The maximum absolute atomic E-state index is 6.28. The number of anilines is 1. The largest absolute Gasteiger partial charge is 0.456 e. The lowest BCUT2D eigenvalue weighted by Crippen LogP contribution is -2.33. The van der Waals surface area contributed by atoms with Gasteiger partial charge in [-0.3, -0.25) is 0 Å². The minimum absolute atomic E-state index is 0.0607. The number of benzene rings is 9. The zero-order valence-electron chi connectivity index (χ0n) is 41.2. The molecule has 1 unspecified atom stereocenters. The lowest BCUT2D eigenvalue weighted by Gasteiger charge is -2.39. The third-order valence-corrected chi connectivity index (χ3v) is 15.1. The van der Waals surface area contributed by atoms with E-state index >= 15 is 0 Å². The molecule has 0 fully saturated rings. The van der Waals surface area contributed by atoms with Gasteiger partial charge in [0.25, 0.3) is 0 Å². The maximum Gasteiger partial charge on any atom is 0.135 e. The minimum Gasteiger partial charge on any atom is -0.456 e. The van der Waals surface area contributed by atoms with Crippen LogP contribution in [0.4, 0.5) is 5.69 Å². The van der Waals surface area contributed by atoms with E-state index in [0.29, 0.717) is 0 Å². The Morgan fingerprint density at radius 1 is 0.493 bits per heavy atom. The molecule has 0 saturated heterocycles. The van der Waals surface area contributed by atoms with Gasteiger partial charge in [-0.2, -0.15) is 0 Å². The first-order valence-corrected chi connectivity index (χ1v) is 25.3. The van der Waals surface area contributed by atoms with E-state index in [1.165, 1.54) is 83.1 Å². The fourth-order valence-corrected chi connectivity index (χ4v) is 12.1. The molecule has 1 spiro atoms. The maximum atomic E-state index is 6.28. The summed E-state index contributed by atoms with van der Waals surface area (Å²) in [6.07, 6.45) is 10.9. The van der Waals surface area contributed by atoms with E-state index in [-0.39, 0.29) is 5.41 Å². The molecule has 2 aliphatic carbocycles. The molecule has 71 heavy (non-hydrogen) atoms. The van der Waals surface area contributed by atoms with Crippen molar-refractivity contribution < 1.29 is 4.42 Å². The zero-order valence-corrected chi connectivity index (χ0v) is 41.2. The van der Waals surface area contributed by atoms with Crippen LogP contribution in [0.3, 0.4) is 0 Å². The molecule has 0 amide bonds. The van der Waals surface area contributed by atoms with Crippen LogP contribution < -0.4 is 5.32 Å². The summed E-state index contributed by atoms with van der Waals surface area (Å²) < 4.78 is 8.79. The fraction of sp³-hybridized carbons (Fsp3) is 0.118. The summed E-state index contributed by atoms with van der Waals surface area (Å²) in [4.78, 5) is 0. The van der Waals surface area contributed by atoms with Crippen LogP contribution in [0.2, 0.25) is 0 Å². The van der Waals surface area contributed by atoms with Crippen LogP contribution in [-0.2, 0) is 10.8 Å². The van der Waals surface area contributed by atoms with Crippen LogP contribution in [0.5, 0.6) is 0 Å². The van der Waals surface area contributed by atoms with Gasteiger partial charge >= 0.3 is 0 Å². The highest BCUT2D eigenvalue weighted by molar-refractivity contribution is 6.13. The van der Waals surface area contributed by atoms with Gasteiger partial charge in [0.05, 0.1) is 22.1 Å². The van der Waals surface area contributed by atoms with E-state index < -0.39 is 5.41 Å². The Morgan fingerprint density at radius 2 is 1.13 bits per heavy atom.